The Balaban J connectivity index is 2.02. The Bertz CT molecular complexity index is 585. The zero-order valence-corrected chi connectivity index (χ0v) is 14.4. The average Bonchev–Trinajstić information content (AvgIpc) is 2.57. The number of ether oxygens (including phenoxy) is 2. The van der Waals surface area contributed by atoms with Crippen LogP contribution < -0.4 is 14.8 Å². The van der Waals surface area contributed by atoms with Crippen molar-refractivity contribution in [2.24, 2.45) is 0 Å². The van der Waals surface area contributed by atoms with Gasteiger partial charge in [0.15, 0.2) is 0 Å². The van der Waals surface area contributed by atoms with Crippen molar-refractivity contribution in [3.05, 3.63) is 23.3 Å². The molecule has 1 N–H and O–H groups in total. The first kappa shape index (κ1) is 16.1. The molecule has 1 amide bonds. The fourth-order valence-corrected chi connectivity index (χ4v) is 3.96. The van der Waals surface area contributed by atoms with Gasteiger partial charge < -0.3 is 19.7 Å². The van der Waals surface area contributed by atoms with Gasteiger partial charge in [-0.2, -0.15) is 0 Å². The van der Waals surface area contributed by atoms with E-state index in [1.54, 1.807) is 14.2 Å². The van der Waals surface area contributed by atoms with Crippen LogP contribution in [0.25, 0.3) is 0 Å². The van der Waals surface area contributed by atoms with Crippen molar-refractivity contribution in [1.29, 1.82) is 0 Å². The van der Waals surface area contributed by atoms with Gasteiger partial charge in [-0.05, 0) is 31.4 Å². The van der Waals surface area contributed by atoms with Crippen LogP contribution in [0.2, 0.25) is 0 Å². The van der Waals surface area contributed by atoms with Crippen molar-refractivity contribution < 1.29 is 14.3 Å². The van der Waals surface area contributed by atoms with Crippen LogP contribution in [0, 0.1) is 0 Å². The van der Waals surface area contributed by atoms with Crippen molar-refractivity contribution in [3.8, 4) is 11.5 Å². The Morgan fingerprint density at radius 3 is 2.74 bits per heavy atom. The van der Waals surface area contributed by atoms with Crippen molar-refractivity contribution in [2.75, 3.05) is 20.8 Å². The Morgan fingerprint density at radius 1 is 1.30 bits per heavy atom. The molecule has 0 aliphatic carbocycles. The van der Waals surface area contributed by atoms with E-state index in [9.17, 15) is 4.79 Å². The monoisotopic (exact) mass is 318 g/mol. The van der Waals surface area contributed by atoms with Gasteiger partial charge in [0.05, 0.1) is 26.3 Å². The van der Waals surface area contributed by atoms with E-state index < -0.39 is 0 Å². The number of hydrogen-bond donors (Lipinski definition) is 1. The summed E-state index contributed by atoms with van der Waals surface area (Å²) < 4.78 is 11.0. The van der Waals surface area contributed by atoms with Crippen LogP contribution in [0.4, 0.5) is 0 Å². The molecular formula is C18H26N2O3. The highest BCUT2D eigenvalue weighted by Gasteiger charge is 2.43. The number of piperazine rings is 1. The summed E-state index contributed by atoms with van der Waals surface area (Å²) in [6.45, 7) is 5.04. The molecule has 5 heteroatoms. The van der Waals surface area contributed by atoms with Gasteiger partial charge in [-0.25, -0.2) is 0 Å². The number of amides is 1. The summed E-state index contributed by atoms with van der Waals surface area (Å²) in [7, 11) is 3.34. The highest BCUT2D eigenvalue weighted by molar-refractivity contribution is 5.84. The Morgan fingerprint density at radius 2 is 2.09 bits per heavy atom. The van der Waals surface area contributed by atoms with E-state index in [-0.39, 0.29) is 24.0 Å². The molecule has 1 fully saturated rings. The van der Waals surface area contributed by atoms with Gasteiger partial charge in [0.1, 0.15) is 11.5 Å². The standard InChI is InChI=1S/C18H26N2O3/c1-5-6-14-18(21)20-8-7-12-9-13(22-3)10-15(23-4)16(12)17(20)11(2)19-14/h9-11,14,17,19H,5-8H2,1-4H3. The van der Waals surface area contributed by atoms with Crippen LogP contribution >= 0.6 is 0 Å². The first-order valence-electron chi connectivity index (χ1n) is 8.42. The molecule has 23 heavy (non-hydrogen) atoms. The molecule has 2 aliphatic rings. The highest BCUT2D eigenvalue weighted by Crippen LogP contribution is 2.42. The molecule has 1 saturated heterocycles. The van der Waals surface area contributed by atoms with Gasteiger partial charge in [0, 0.05) is 24.2 Å². The molecular weight excluding hydrogens is 292 g/mol. The summed E-state index contributed by atoms with van der Waals surface area (Å²) in [5.41, 5.74) is 2.35. The van der Waals surface area contributed by atoms with Crippen LogP contribution in [-0.4, -0.2) is 43.7 Å². The predicted molar refractivity (Wildman–Crippen MR) is 89.0 cm³/mol. The van der Waals surface area contributed by atoms with Crippen molar-refractivity contribution >= 4 is 5.91 Å². The Kier molecular flexibility index (Phi) is 4.48. The molecule has 1 aromatic carbocycles. The van der Waals surface area contributed by atoms with Gasteiger partial charge in [0.2, 0.25) is 5.91 Å². The highest BCUT2D eigenvalue weighted by atomic mass is 16.5. The second kappa shape index (κ2) is 6.40. The molecule has 0 radical (unpaired) electrons. The minimum absolute atomic E-state index is 0.0280. The topological polar surface area (TPSA) is 50.8 Å². The summed E-state index contributed by atoms with van der Waals surface area (Å²) in [5.74, 6) is 1.84. The van der Waals surface area contributed by atoms with Crippen LogP contribution in [0.3, 0.4) is 0 Å². The lowest BCUT2D eigenvalue weighted by molar-refractivity contribution is -0.141. The number of methoxy groups -OCH3 is 2. The second-order valence-electron chi connectivity index (χ2n) is 6.43. The number of benzene rings is 1. The van der Waals surface area contributed by atoms with Gasteiger partial charge in [-0.3, -0.25) is 4.79 Å². The van der Waals surface area contributed by atoms with Gasteiger partial charge in [-0.15, -0.1) is 0 Å². The SMILES string of the molecule is CCCC1NC(C)C2c3c(cc(OC)cc3OC)CCN2C1=O. The fourth-order valence-electron chi connectivity index (χ4n) is 3.96. The summed E-state index contributed by atoms with van der Waals surface area (Å²) >= 11 is 0. The number of hydrogen-bond acceptors (Lipinski definition) is 4. The number of fused-ring (bicyclic) bond motifs is 3. The zero-order chi connectivity index (χ0) is 16.6. The molecule has 5 nitrogen and oxygen atoms in total. The number of rotatable bonds is 4. The molecule has 1 aromatic rings. The third-order valence-corrected chi connectivity index (χ3v) is 5.01. The molecule has 3 atom stereocenters. The van der Waals surface area contributed by atoms with Crippen LogP contribution in [0.5, 0.6) is 11.5 Å². The minimum Gasteiger partial charge on any atom is -0.497 e. The molecule has 126 valence electrons. The Labute approximate surface area is 137 Å². The lowest BCUT2D eigenvalue weighted by Gasteiger charge is -2.47. The smallest absolute Gasteiger partial charge is 0.240 e. The quantitative estimate of drug-likeness (QED) is 0.925. The average molecular weight is 318 g/mol. The maximum Gasteiger partial charge on any atom is 0.240 e. The first-order valence-corrected chi connectivity index (χ1v) is 8.42. The molecule has 0 aromatic heterocycles. The van der Waals surface area contributed by atoms with Crippen molar-refractivity contribution in [1.82, 2.24) is 10.2 Å². The van der Waals surface area contributed by atoms with E-state index in [1.807, 2.05) is 11.0 Å². The van der Waals surface area contributed by atoms with E-state index in [1.165, 1.54) is 5.56 Å². The minimum atomic E-state index is -0.0583. The molecule has 3 unspecified atom stereocenters. The second-order valence-corrected chi connectivity index (χ2v) is 6.43. The number of carbonyl (C=O) groups is 1. The third-order valence-electron chi connectivity index (χ3n) is 5.01. The van der Waals surface area contributed by atoms with E-state index in [0.29, 0.717) is 0 Å². The Hall–Kier alpha value is -1.75. The number of nitrogens with zero attached hydrogens (tertiary/aromatic N) is 1. The fraction of sp³-hybridized carbons (Fsp3) is 0.611. The van der Waals surface area contributed by atoms with E-state index in [0.717, 1.165) is 42.9 Å². The third kappa shape index (κ3) is 2.67. The molecule has 0 saturated carbocycles. The summed E-state index contributed by atoms with van der Waals surface area (Å²) in [6, 6.07) is 4.16. The van der Waals surface area contributed by atoms with Crippen molar-refractivity contribution in [3.63, 3.8) is 0 Å². The largest absolute Gasteiger partial charge is 0.497 e. The number of carbonyl (C=O) groups excluding carboxylic acids is 1. The maximum absolute atomic E-state index is 12.8. The lowest BCUT2D eigenvalue weighted by Crippen LogP contribution is -2.61. The van der Waals surface area contributed by atoms with Gasteiger partial charge in [-0.1, -0.05) is 13.3 Å². The molecule has 0 spiro atoms. The van der Waals surface area contributed by atoms with Crippen LogP contribution in [0.1, 0.15) is 43.9 Å². The lowest BCUT2D eigenvalue weighted by atomic mass is 9.84. The van der Waals surface area contributed by atoms with Crippen LogP contribution in [0.15, 0.2) is 12.1 Å². The van der Waals surface area contributed by atoms with E-state index in [4.69, 9.17) is 9.47 Å². The molecule has 0 bridgehead atoms. The normalized spacial score (nSPS) is 26.5. The summed E-state index contributed by atoms with van der Waals surface area (Å²) in [4.78, 5) is 14.9. The summed E-state index contributed by atoms with van der Waals surface area (Å²) in [6.07, 6.45) is 2.74. The number of nitrogens with one attached hydrogen (secondary N) is 1. The zero-order valence-electron chi connectivity index (χ0n) is 14.4. The predicted octanol–water partition coefficient (Wildman–Crippen LogP) is 2.29. The van der Waals surface area contributed by atoms with E-state index >= 15 is 0 Å². The maximum atomic E-state index is 12.8. The van der Waals surface area contributed by atoms with Gasteiger partial charge in [0.25, 0.3) is 0 Å². The van der Waals surface area contributed by atoms with Crippen LogP contribution in [-0.2, 0) is 11.2 Å². The molecule has 3 rings (SSSR count). The first-order chi connectivity index (χ1) is 11.1. The van der Waals surface area contributed by atoms with Crippen molar-refractivity contribution in [2.45, 2.75) is 51.2 Å². The van der Waals surface area contributed by atoms with E-state index in [2.05, 4.69) is 25.2 Å². The van der Waals surface area contributed by atoms with Gasteiger partial charge >= 0.3 is 0 Å². The molecule has 2 heterocycles. The summed E-state index contributed by atoms with van der Waals surface area (Å²) in [5, 5.41) is 3.51. The molecule has 2 aliphatic heterocycles.